The predicted molar refractivity (Wildman–Crippen MR) is 68.9 cm³/mol. The molecular formula is C14H18O5. The van der Waals surface area contributed by atoms with Gasteiger partial charge in [0.05, 0.1) is 13.7 Å². The van der Waals surface area contributed by atoms with Gasteiger partial charge in [0.1, 0.15) is 5.75 Å². The second-order valence-electron chi connectivity index (χ2n) is 3.98. The summed E-state index contributed by atoms with van der Waals surface area (Å²) in [5, 5.41) is 0. The molecule has 5 nitrogen and oxygen atoms in total. The summed E-state index contributed by atoms with van der Waals surface area (Å²) in [6.07, 6.45) is -0.568. The molecule has 5 heteroatoms. The molecule has 0 aliphatic rings. The summed E-state index contributed by atoms with van der Waals surface area (Å²) in [6, 6.07) is 7.54. The lowest BCUT2D eigenvalue weighted by Gasteiger charge is -2.15. The zero-order valence-electron chi connectivity index (χ0n) is 11.3. The third-order valence-electron chi connectivity index (χ3n) is 2.44. The van der Waals surface area contributed by atoms with Gasteiger partial charge in [-0.3, -0.25) is 9.59 Å². The minimum Gasteiger partial charge on any atom is -0.496 e. The van der Waals surface area contributed by atoms with Crippen LogP contribution in [0.5, 0.6) is 5.75 Å². The molecule has 104 valence electrons. The van der Waals surface area contributed by atoms with Gasteiger partial charge in [-0.15, -0.1) is 0 Å². The molecule has 0 aromatic heterocycles. The SMILES string of the molecule is COc1ccccc1CCOC(OC(C)=O)C(C)=O. The Morgan fingerprint density at radius 2 is 1.89 bits per heavy atom. The Morgan fingerprint density at radius 1 is 1.21 bits per heavy atom. The number of hydrogen-bond acceptors (Lipinski definition) is 5. The van der Waals surface area contributed by atoms with Crippen LogP contribution in [0.3, 0.4) is 0 Å². The van der Waals surface area contributed by atoms with Crippen molar-refractivity contribution in [1.29, 1.82) is 0 Å². The second-order valence-corrected chi connectivity index (χ2v) is 3.98. The minimum atomic E-state index is -1.13. The van der Waals surface area contributed by atoms with Gasteiger partial charge in [-0.05, 0) is 18.1 Å². The first kappa shape index (κ1) is 15.2. The van der Waals surface area contributed by atoms with E-state index in [-0.39, 0.29) is 12.4 Å². The lowest BCUT2D eigenvalue weighted by atomic mass is 10.1. The van der Waals surface area contributed by atoms with E-state index in [0.29, 0.717) is 6.42 Å². The molecule has 0 heterocycles. The summed E-state index contributed by atoms with van der Waals surface area (Å²) in [6.45, 7) is 2.81. The molecule has 1 aromatic carbocycles. The Morgan fingerprint density at radius 3 is 2.47 bits per heavy atom. The smallest absolute Gasteiger partial charge is 0.305 e. The molecule has 1 atom stereocenters. The number of carbonyl (C=O) groups excluding carboxylic acids is 2. The largest absolute Gasteiger partial charge is 0.496 e. The summed E-state index contributed by atoms with van der Waals surface area (Å²) >= 11 is 0. The van der Waals surface area contributed by atoms with Crippen LogP contribution in [0.15, 0.2) is 24.3 Å². The fourth-order valence-electron chi connectivity index (χ4n) is 1.57. The number of benzene rings is 1. The third-order valence-corrected chi connectivity index (χ3v) is 2.44. The van der Waals surface area contributed by atoms with Crippen molar-refractivity contribution >= 4 is 11.8 Å². The van der Waals surface area contributed by atoms with Crippen LogP contribution < -0.4 is 4.74 Å². The zero-order chi connectivity index (χ0) is 14.3. The third kappa shape index (κ3) is 5.09. The fraction of sp³-hybridized carbons (Fsp3) is 0.429. The van der Waals surface area contributed by atoms with E-state index in [4.69, 9.17) is 14.2 Å². The Hall–Kier alpha value is -1.88. The first-order valence-corrected chi connectivity index (χ1v) is 5.95. The van der Waals surface area contributed by atoms with Gasteiger partial charge in [0.15, 0.2) is 5.78 Å². The number of esters is 1. The quantitative estimate of drug-likeness (QED) is 0.555. The van der Waals surface area contributed by atoms with Crippen LogP contribution in [0.2, 0.25) is 0 Å². The normalized spacial score (nSPS) is 11.7. The summed E-state index contributed by atoms with van der Waals surface area (Å²) in [4.78, 5) is 22.0. The van der Waals surface area contributed by atoms with Crippen LogP contribution in [0.25, 0.3) is 0 Å². The van der Waals surface area contributed by atoms with Crippen LogP contribution in [0.4, 0.5) is 0 Å². The average Bonchev–Trinajstić information content (AvgIpc) is 2.37. The number of rotatable bonds is 7. The van der Waals surface area contributed by atoms with Crippen molar-refractivity contribution in [2.75, 3.05) is 13.7 Å². The van der Waals surface area contributed by atoms with Crippen molar-refractivity contribution in [3.05, 3.63) is 29.8 Å². The number of hydrogen-bond donors (Lipinski definition) is 0. The highest BCUT2D eigenvalue weighted by molar-refractivity contribution is 5.81. The van der Waals surface area contributed by atoms with Crippen LogP contribution in [0.1, 0.15) is 19.4 Å². The molecule has 1 rings (SSSR count). The van der Waals surface area contributed by atoms with Gasteiger partial charge in [0, 0.05) is 13.8 Å². The van der Waals surface area contributed by atoms with E-state index >= 15 is 0 Å². The molecule has 1 unspecified atom stereocenters. The molecule has 1 aromatic rings. The Balaban J connectivity index is 2.52. The Bertz CT molecular complexity index is 441. The van der Waals surface area contributed by atoms with Crippen molar-refractivity contribution in [1.82, 2.24) is 0 Å². The number of ketones is 1. The highest BCUT2D eigenvalue weighted by Crippen LogP contribution is 2.17. The van der Waals surface area contributed by atoms with Gasteiger partial charge in [-0.25, -0.2) is 0 Å². The molecule has 0 aliphatic carbocycles. The minimum absolute atomic E-state index is 0.262. The molecule has 0 saturated heterocycles. The van der Waals surface area contributed by atoms with Gasteiger partial charge < -0.3 is 14.2 Å². The van der Waals surface area contributed by atoms with Gasteiger partial charge >= 0.3 is 5.97 Å². The molecule has 0 amide bonds. The monoisotopic (exact) mass is 266 g/mol. The first-order chi connectivity index (χ1) is 9.04. The molecule has 0 saturated carbocycles. The molecule has 19 heavy (non-hydrogen) atoms. The summed E-state index contributed by atoms with van der Waals surface area (Å²) in [7, 11) is 1.59. The van der Waals surface area contributed by atoms with Gasteiger partial charge in [0.25, 0.3) is 6.29 Å². The highest BCUT2D eigenvalue weighted by Gasteiger charge is 2.17. The highest BCUT2D eigenvalue weighted by atomic mass is 16.7. The van der Waals surface area contributed by atoms with Crippen LogP contribution >= 0.6 is 0 Å². The summed E-state index contributed by atoms with van der Waals surface area (Å²) in [5.41, 5.74) is 0.968. The molecule has 0 bridgehead atoms. The zero-order valence-corrected chi connectivity index (χ0v) is 11.3. The number of ether oxygens (including phenoxy) is 3. The van der Waals surface area contributed by atoms with Crippen molar-refractivity contribution in [2.45, 2.75) is 26.6 Å². The van der Waals surface area contributed by atoms with Crippen molar-refractivity contribution in [3.8, 4) is 5.75 Å². The van der Waals surface area contributed by atoms with E-state index in [0.717, 1.165) is 11.3 Å². The van der Waals surface area contributed by atoms with Gasteiger partial charge in [-0.2, -0.15) is 0 Å². The van der Waals surface area contributed by atoms with Crippen LogP contribution in [0, 0.1) is 0 Å². The topological polar surface area (TPSA) is 61.8 Å². The number of carbonyl (C=O) groups is 2. The van der Waals surface area contributed by atoms with E-state index in [9.17, 15) is 9.59 Å². The fourth-order valence-corrected chi connectivity index (χ4v) is 1.57. The number of methoxy groups -OCH3 is 1. The number of Topliss-reactive ketones (excluding diaryl/α,β-unsaturated/α-hetero) is 1. The maximum atomic E-state index is 11.2. The Kier molecular flexibility index (Phi) is 6.02. The second kappa shape index (κ2) is 7.53. The summed E-state index contributed by atoms with van der Waals surface area (Å²) in [5.74, 6) is -0.120. The molecule has 0 N–H and O–H groups in total. The predicted octanol–water partition coefficient (Wildman–Crippen LogP) is 1.73. The van der Waals surface area contributed by atoms with Crippen molar-refractivity contribution < 1.29 is 23.8 Å². The maximum Gasteiger partial charge on any atom is 0.305 e. The van der Waals surface area contributed by atoms with Gasteiger partial charge in [0.2, 0.25) is 0 Å². The lowest BCUT2D eigenvalue weighted by molar-refractivity contribution is -0.182. The molecular weight excluding hydrogens is 248 g/mol. The van der Waals surface area contributed by atoms with Crippen LogP contribution in [-0.4, -0.2) is 31.8 Å². The molecule has 0 radical (unpaired) electrons. The van der Waals surface area contributed by atoms with Crippen molar-refractivity contribution in [2.24, 2.45) is 0 Å². The standard InChI is InChI=1S/C14H18O5/c1-10(15)14(19-11(2)16)18-9-8-12-6-4-5-7-13(12)17-3/h4-7,14H,8-9H2,1-3H3. The average molecular weight is 266 g/mol. The van der Waals surface area contributed by atoms with E-state index in [1.54, 1.807) is 7.11 Å². The lowest BCUT2D eigenvalue weighted by Crippen LogP contribution is -2.28. The van der Waals surface area contributed by atoms with E-state index < -0.39 is 12.3 Å². The van der Waals surface area contributed by atoms with Crippen molar-refractivity contribution in [3.63, 3.8) is 0 Å². The van der Waals surface area contributed by atoms with Crippen LogP contribution in [-0.2, 0) is 25.5 Å². The maximum absolute atomic E-state index is 11.2. The molecule has 0 aliphatic heterocycles. The summed E-state index contributed by atoms with van der Waals surface area (Å²) < 4.78 is 15.2. The van der Waals surface area contributed by atoms with Gasteiger partial charge in [-0.1, -0.05) is 18.2 Å². The van der Waals surface area contributed by atoms with E-state index in [2.05, 4.69) is 0 Å². The first-order valence-electron chi connectivity index (χ1n) is 5.95. The van der Waals surface area contributed by atoms with E-state index in [1.165, 1.54) is 13.8 Å². The van der Waals surface area contributed by atoms with E-state index in [1.807, 2.05) is 24.3 Å². The Labute approximate surface area is 112 Å². The number of para-hydroxylation sites is 1. The molecule has 0 fully saturated rings. The molecule has 0 spiro atoms.